The number of nitrogens with zero attached hydrogens (tertiary/aromatic N) is 1. The molecule has 1 aromatic carbocycles. The zero-order chi connectivity index (χ0) is 16.2. The van der Waals surface area contributed by atoms with Crippen LogP contribution in [-0.4, -0.2) is 34.2 Å². The molecule has 0 spiro atoms. The van der Waals surface area contributed by atoms with Crippen molar-refractivity contribution >= 4 is 17.5 Å². The molecule has 0 saturated heterocycles. The molecule has 0 radical (unpaired) electrons. The molecule has 1 aromatic heterocycles. The van der Waals surface area contributed by atoms with Crippen molar-refractivity contribution < 1.29 is 9.53 Å². The van der Waals surface area contributed by atoms with Crippen molar-refractivity contribution in [3.63, 3.8) is 0 Å². The van der Waals surface area contributed by atoms with Crippen LogP contribution >= 0.6 is 11.6 Å². The highest BCUT2D eigenvalue weighted by Gasteiger charge is 2.27. The number of hydrogen-bond donors (Lipinski definition) is 3. The maximum absolute atomic E-state index is 12.4. The van der Waals surface area contributed by atoms with Crippen LogP contribution in [0.4, 0.5) is 0 Å². The minimum Gasteiger partial charge on any atom is -0.493 e. The number of ether oxygens (including phenoxy) is 1. The highest BCUT2D eigenvalue weighted by molar-refractivity contribution is 6.30. The van der Waals surface area contributed by atoms with Gasteiger partial charge in [-0.3, -0.25) is 9.78 Å². The van der Waals surface area contributed by atoms with Crippen LogP contribution in [0.15, 0.2) is 23.0 Å². The van der Waals surface area contributed by atoms with E-state index in [2.05, 4.69) is 20.5 Å². The van der Waals surface area contributed by atoms with E-state index in [1.807, 2.05) is 0 Å². The molecule has 0 aliphatic carbocycles. The largest absolute Gasteiger partial charge is 0.493 e. The van der Waals surface area contributed by atoms with Crippen LogP contribution < -0.4 is 15.7 Å². The van der Waals surface area contributed by atoms with E-state index in [4.69, 9.17) is 16.3 Å². The SMILES string of the molecule is O=C(NCCCc1n[nH]c(=O)[nH]1)[C@@H]1CCOc2ccc(Cl)cc21. The summed E-state index contributed by atoms with van der Waals surface area (Å²) in [7, 11) is 0. The number of nitrogens with one attached hydrogen (secondary N) is 3. The predicted octanol–water partition coefficient (Wildman–Crippen LogP) is 1.37. The summed E-state index contributed by atoms with van der Waals surface area (Å²) in [6.07, 6.45) is 1.92. The van der Waals surface area contributed by atoms with Gasteiger partial charge < -0.3 is 10.1 Å². The van der Waals surface area contributed by atoms with Gasteiger partial charge in [0.2, 0.25) is 5.91 Å². The molecule has 0 bridgehead atoms. The van der Waals surface area contributed by atoms with Crippen LogP contribution in [-0.2, 0) is 11.2 Å². The third-order valence-corrected chi connectivity index (χ3v) is 4.00. The highest BCUT2D eigenvalue weighted by atomic mass is 35.5. The number of amides is 1. The summed E-state index contributed by atoms with van der Waals surface area (Å²) in [6.45, 7) is 1.03. The molecular weight excluding hydrogens is 320 g/mol. The molecule has 3 N–H and O–H groups in total. The molecule has 1 aliphatic rings. The average molecular weight is 337 g/mol. The molecule has 3 rings (SSSR count). The molecule has 1 amide bonds. The molecule has 7 nitrogen and oxygen atoms in total. The maximum Gasteiger partial charge on any atom is 0.340 e. The van der Waals surface area contributed by atoms with Gasteiger partial charge in [-0.05, 0) is 31.0 Å². The van der Waals surface area contributed by atoms with Gasteiger partial charge in [-0.1, -0.05) is 11.6 Å². The van der Waals surface area contributed by atoms with Gasteiger partial charge >= 0.3 is 5.69 Å². The van der Waals surface area contributed by atoms with E-state index in [0.717, 1.165) is 11.3 Å². The lowest BCUT2D eigenvalue weighted by molar-refractivity contribution is -0.123. The minimum absolute atomic E-state index is 0.0349. The molecule has 122 valence electrons. The standard InChI is InChI=1S/C15H17ClN4O3/c16-9-3-4-12-11(8-9)10(5-7-23-12)14(21)17-6-1-2-13-18-15(22)20-19-13/h3-4,8,10H,1-2,5-7H2,(H,17,21)(H2,18,19,20,22)/t10-/m1/s1. The monoisotopic (exact) mass is 336 g/mol. The van der Waals surface area contributed by atoms with Gasteiger partial charge in [-0.25, -0.2) is 9.89 Å². The lowest BCUT2D eigenvalue weighted by Crippen LogP contribution is -2.33. The Morgan fingerprint density at radius 3 is 3.13 bits per heavy atom. The first kappa shape index (κ1) is 15.6. The van der Waals surface area contributed by atoms with E-state index in [9.17, 15) is 9.59 Å². The number of benzene rings is 1. The second-order valence-corrected chi connectivity index (χ2v) is 5.83. The van der Waals surface area contributed by atoms with E-state index in [1.54, 1.807) is 18.2 Å². The first-order valence-corrected chi connectivity index (χ1v) is 7.85. The Morgan fingerprint density at radius 2 is 2.35 bits per heavy atom. The topological polar surface area (TPSA) is 99.9 Å². The minimum atomic E-state index is -0.320. The van der Waals surface area contributed by atoms with Crippen molar-refractivity contribution in [1.29, 1.82) is 0 Å². The summed E-state index contributed by atoms with van der Waals surface area (Å²) in [6, 6.07) is 5.34. The van der Waals surface area contributed by atoms with Gasteiger partial charge in [0, 0.05) is 23.6 Å². The predicted molar refractivity (Wildman–Crippen MR) is 84.8 cm³/mol. The van der Waals surface area contributed by atoms with E-state index in [1.165, 1.54) is 0 Å². The summed E-state index contributed by atoms with van der Waals surface area (Å²) in [4.78, 5) is 25.9. The molecule has 8 heteroatoms. The van der Waals surface area contributed by atoms with Gasteiger partial charge in [0.1, 0.15) is 11.6 Å². The Kier molecular flexibility index (Phi) is 4.66. The molecule has 2 heterocycles. The number of aryl methyl sites for hydroxylation is 1. The molecular formula is C15H17ClN4O3. The Balaban J connectivity index is 1.55. The third-order valence-electron chi connectivity index (χ3n) is 3.77. The molecule has 23 heavy (non-hydrogen) atoms. The molecule has 0 fully saturated rings. The maximum atomic E-state index is 12.4. The Morgan fingerprint density at radius 1 is 1.48 bits per heavy atom. The van der Waals surface area contributed by atoms with Gasteiger partial charge in [0.25, 0.3) is 0 Å². The van der Waals surface area contributed by atoms with E-state index in [0.29, 0.717) is 43.3 Å². The zero-order valence-electron chi connectivity index (χ0n) is 12.4. The lowest BCUT2D eigenvalue weighted by atomic mass is 9.92. The first-order valence-electron chi connectivity index (χ1n) is 7.47. The van der Waals surface area contributed by atoms with Crippen molar-refractivity contribution in [2.45, 2.75) is 25.2 Å². The number of hydrogen-bond acceptors (Lipinski definition) is 4. The number of carbonyl (C=O) groups excluding carboxylic acids is 1. The Bertz CT molecular complexity index is 755. The Hall–Kier alpha value is -2.28. The van der Waals surface area contributed by atoms with Crippen LogP contribution in [0.25, 0.3) is 0 Å². The normalized spacial score (nSPS) is 16.5. The number of halogens is 1. The summed E-state index contributed by atoms with van der Waals surface area (Å²) in [5.41, 5.74) is 0.512. The summed E-state index contributed by atoms with van der Waals surface area (Å²) in [5.74, 6) is 1.03. The molecule has 1 aliphatic heterocycles. The van der Waals surface area contributed by atoms with Gasteiger partial charge in [0.15, 0.2) is 0 Å². The molecule has 0 saturated carbocycles. The van der Waals surface area contributed by atoms with Crippen molar-refractivity contribution in [3.8, 4) is 5.75 Å². The Labute approximate surface area is 137 Å². The number of rotatable bonds is 5. The van der Waals surface area contributed by atoms with Crippen LogP contribution in [0.1, 0.15) is 30.1 Å². The number of carbonyl (C=O) groups is 1. The second kappa shape index (κ2) is 6.87. The quantitative estimate of drug-likeness (QED) is 0.718. The summed E-state index contributed by atoms with van der Waals surface area (Å²) in [5, 5.41) is 9.65. The second-order valence-electron chi connectivity index (χ2n) is 5.39. The van der Waals surface area contributed by atoms with Crippen molar-refractivity contribution in [2.24, 2.45) is 0 Å². The van der Waals surface area contributed by atoms with Gasteiger partial charge in [-0.15, -0.1) is 0 Å². The third kappa shape index (κ3) is 3.73. The van der Waals surface area contributed by atoms with Crippen LogP contribution in [0.5, 0.6) is 5.75 Å². The summed E-state index contributed by atoms with van der Waals surface area (Å²) >= 11 is 6.02. The van der Waals surface area contributed by atoms with E-state index in [-0.39, 0.29) is 17.5 Å². The lowest BCUT2D eigenvalue weighted by Gasteiger charge is -2.25. The van der Waals surface area contributed by atoms with Crippen LogP contribution in [0.2, 0.25) is 5.02 Å². The fourth-order valence-corrected chi connectivity index (χ4v) is 2.83. The number of aromatic amines is 2. The number of aromatic nitrogens is 3. The highest BCUT2D eigenvalue weighted by Crippen LogP contribution is 2.35. The average Bonchev–Trinajstić information content (AvgIpc) is 2.96. The zero-order valence-corrected chi connectivity index (χ0v) is 13.2. The molecule has 0 unspecified atom stereocenters. The molecule has 1 atom stereocenters. The summed E-state index contributed by atoms with van der Waals surface area (Å²) < 4.78 is 5.56. The first-order chi connectivity index (χ1) is 11.1. The van der Waals surface area contributed by atoms with Crippen LogP contribution in [0.3, 0.4) is 0 Å². The van der Waals surface area contributed by atoms with Crippen molar-refractivity contribution in [3.05, 3.63) is 45.1 Å². The smallest absolute Gasteiger partial charge is 0.340 e. The van der Waals surface area contributed by atoms with Crippen molar-refractivity contribution in [1.82, 2.24) is 20.5 Å². The van der Waals surface area contributed by atoms with Crippen molar-refractivity contribution in [2.75, 3.05) is 13.2 Å². The number of fused-ring (bicyclic) bond motifs is 1. The fraction of sp³-hybridized carbons (Fsp3) is 0.400. The van der Waals surface area contributed by atoms with E-state index >= 15 is 0 Å². The fourth-order valence-electron chi connectivity index (χ4n) is 2.65. The van der Waals surface area contributed by atoms with Gasteiger partial charge in [-0.2, -0.15) is 5.10 Å². The van der Waals surface area contributed by atoms with E-state index < -0.39 is 0 Å². The molecule has 2 aromatic rings. The number of H-pyrrole nitrogens is 2. The van der Waals surface area contributed by atoms with Gasteiger partial charge in [0.05, 0.1) is 12.5 Å². The van der Waals surface area contributed by atoms with Crippen LogP contribution in [0, 0.1) is 0 Å².